The predicted octanol–water partition coefficient (Wildman–Crippen LogP) is 2.35. The highest BCUT2D eigenvalue weighted by molar-refractivity contribution is 7.89. The first kappa shape index (κ1) is 17.6. The zero-order valence-electron chi connectivity index (χ0n) is 14.3. The van der Waals surface area contributed by atoms with E-state index in [1.807, 2.05) is 0 Å². The number of carbonyl (C=O) groups excluding carboxylic acids is 1. The van der Waals surface area contributed by atoms with E-state index in [-0.39, 0.29) is 23.7 Å². The summed E-state index contributed by atoms with van der Waals surface area (Å²) in [6, 6.07) is 4.39. The van der Waals surface area contributed by atoms with Gasteiger partial charge in [-0.1, -0.05) is 6.07 Å². The lowest BCUT2D eigenvalue weighted by Crippen LogP contribution is -2.33. The average Bonchev–Trinajstić information content (AvgIpc) is 3.17. The number of nitrogens with one attached hydrogen (secondary N) is 2. The van der Waals surface area contributed by atoms with Crippen molar-refractivity contribution in [1.82, 2.24) is 10.0 Å². The molecule has 0 saturated heterocycles. The van der Waals surface area contributed by atoms with E-state index >= 15 is 0 Å². The molecule has 140 valence electrons. The molecule has 0 spiro atoms. The Morgan fingerprint density at radius 3 is 2.96 bits per heavy atom. The fourth-order valence-corrected chi connectivity index (χ4v) is 4.81. The van der Waals surface area contributed by atoms with Crippen molar-refractivity contribution in [1.29, 1.82) is 0 Å². The Bertz CT molecular complexity index is 1070. The van der Waals surface area contributed by atoms with Gasteiger partial charge in [0.2, 0.25) is 10.0 Å². The molecule has 2 N–H and O–H groups in total. The van der Waals surface area contributed by atoms with Gasteiger partial charge in [-0.15, -0.1) is 0 Å². The maximum atomic E-state index is 13.4. The van der Waals surface area contributed by atoms with Gasteiger partial charge in [0.15, 0.2) is 0 Å². The van der Waals surface area contributed by atoms with Crippen molar-refractivity contribution < 1.29 is 22.3 Å². The van der Waals surface area contributed by atoms with Crippen molar-refractivity contribution in [2.24, 2.45) is 4.99 Å². The first-order chi connectivity index (χ1) is 12.9. The van der Waals surface area contributed by atoms with Crippen LogP contribution in [0, 0.1) is 0 Å². The number of fused-ring (bicyclic) bond motifs is 2. The molecule has 27 heavy (non-hydrogen) atoms. The van der Waals surface area contributed by atoms with Crippen LogP contribution >= 0.6 is 0 Å². The minimum atomic E-state index is -3.64. The molecular formula is C18H16FN3O4S. The predicted molar refractivity (Wildman–Crippen MR) is 97.2 cm³/mol. The van der Waals surface area contributed by atoms with E-state index in [9.17, 15) is 17.6 Å². The number of rotatable bonds is 3. The van der Waals surface area contributed by atoms with Gasteiger partial charge in [-0.3, -0.25) is 4.99 Å². The Hall–Kier alpha value is -2.78. The van der Waals surface area contributed by atoms with Gasteiger partial charge >= 0.3 is 6.09 Å². The van der Waals surface area contributed by atoms with Gasteiger partial charge in [-0.2, -0.15) is 0 Å². The van der Waals surface area contributed by atoms with Gasteiger partial charge in [-0.05, 0) is 35.4 Å². The van der Waals surface area contributed by atoms with Crippen molar-refractivity contribution in [3.05, 3.63) is 59.1 Å². The second-order valence-corrected chi connectivity index (χ2v) is 7.97. The molecule has 1 atom stereocenters. The molecule has 1 aromatic carbocycles. The summed E-state index contributed by atoms with van der Waals surface area (Å²) in [5, 5.41) is 2.51. The zero-order chi connectivity index (χ0) is 19.2. The number of amides is 1. The molecule has 0 aromatic heterocycles. The molecule has 0 saturated carbocycles. The largest absolute Gasteiger partial charge is 0.453 e. The van der Waals surface area contributed by atoms with Crippen LogP contribution in [0.3, 0.4) is 0 Å². The van der Waals surface area contributed by atoms with Crippen LogP contribution in [0.4, 0.5) is 9.18 Å². The SMILES string of the molecule is COC(=O)NCC1NS(=O)(=O)c2ccc(C3=CN=C4CC(F)=CC=C34)cc21. The van der Waals surface area contributed by atoms with Crippen molar-refractivity contribution in [2.45, 2.75) is 17.4 Å². The summed E-state index contributed by atoms with van der Waals surface area (Å²) < 4.78 is 45.1. The summed E-state index contributed by atoms with van der Waals surface area (Å²) >= 11 is 0. The van der Waals surface area contributed by atoms with Crippen molar-refractivity contribution >= 4 is 27.4 Å². The number of halogens is 1. The molecule has 0 fully saturated rings. The molecule has 2 heterocycles. The monoisotopic (exact) mass is 389 g/mol. The first-order valence-electron chi connectivity index (χ1n) is 8.21. The van der Waals surface area contributed by atoms with E-state index in [0.717, 1.165) is 16.7 Å². The molecule has 1 aromatic rings. The Kier molecular flexibility index (Phi) is 4.20. The molecule has 1 aliphatic carbocycles. The Balaban J connectivity index is 1.68. The van der Waals surface area contributed by atoms with Gasteiger partial charge in [-0.25, -0.2) is 22.3 Å². The summed E-state index contributed by atoms with van der Waals surface area (Å²) in [6.45, 7) is 0.0554. The quantitative estimate of drug-likeness (QED) is 0.829. The second-order valence-electron chi connectivity index (χ2n) is 6.29. The maximum absolute atomic E-state index is 13.4. The van der Waals surface area contributed by atoms with E-state index in [1.165, 1.54) is 19.3 Å². The molecule has 0 radical (unpaired) electrons. The number of allylic oxidation sites excluding steroid dienone is 5. The number of alkyl carbamates (subject to hydrolysis) is 1. The van der Waals surface area contributed by atoms with E-state index in [2.05, 4.69) is 19.8 Å². The lowest BCUT2D eigenvalue weighted by Gasteiger charge is -2.14. The van der Waals surface area contributed by atoms with Crippen LogP contribution in [-0.4, -0.2) is 33.9 Å². The van der Waals surface area contributed by atoms with Crippen molar-refractivity contribution in [3.63, 3.8) is 0 Å². The van der Waals surface area contributed by atoms with Gasteiger partial charge < -0.3 is 10.1 Å². The van der Waals surface area contributed by atoms with Gasteiger partial charge in [0.05, 0.1) is 23.8 Å². The topological polar surface area (TPSA) is 96.9 Å². The van der Waals surface area contributed by atoms with Gasteiger partial charge in [0.25, 0.3) is 0 Å². The number of methoxy groups -OCH3 is 1. The van der Waals surface area contributed by atoms with E-state index < -0.39 is 22.2 Å². The molecule has 0 bridgehead atoms. The third-order valence-electron chi connectivity index (χ3n) is 4.64. The highest BCUT2D eigenvalue weighted by Gasteiger charge is 2.35. The summed E-state index contributed by atoms with van der Waals surface area (Å²) in [4.78, 5) is 15.8. The van der Waals surface area contributed by atoms with Gasteiger partial charge in [0.1, 0.15) is 5.83 Å². The van der Waals surface area contributed by atoms with Crippen LogP contribution in [0.15, 0.2) is 57.8 Å². The molecule has 9 heteroatoms. The number of aliphatic imine (C=N–C) groups is 1. The summed E-state index contributed by atoms with van der Waals surface area (Å²) in [5.74, 6) is -0.245. The molecular weight excluding hydrogens is 373 g/mol. The highest BCUT2D eigenvalue weighted by Crippen LogP contribution is 2.38. The van der Waals surface area contributed by atoms with Gasteiger partial charge in [0, 0.05) is 30.3 Å². The van der Waals surface area contributed by atoms with E-state index in [0.29, 0.717) is 11.3 Å². The van der Waals surface area contributed by atoms with Crippen molar-refractivity contribution in [3.8, 4) is 0 Å². The van der Waals surface area contributed by atoms with Crippen molar-refractivity contribution in [2.75, 3.05) is 13.7 Å². The zero-order valence-corrected chi connectivity index (χ0v) is 15.1. The number of hydrogen-bond donors (Lipinski definition) is 2. The lowest BCUT2D eigenvalue weighted by molar-refractivity contribution is 0.170. The molecule has 1 amide bonds. The van der Waals surface area contributed by atoms with E-state index in [4.69, 9.17) is 0 Å². The third-order valence-corrected chi connectivity index (χ3v) is 6.18. The molecule has 1 unspecified atom stereocenters. The number of hydrogen-bond acceptors (Lipinski definition) is 5. The standard InChI is InChI=1S/C18H16FN3O4S/c1-26-18(23)21-9-16-13-6-10(2-5-17(13)27(24,25)22-16)14-8-20-15-7-11(19)3-4-12(14)15/h2-6,8,16,22H,7,9H2,1H3,(H,21,23). The second kappa shape index (κ2) is 6.43. The fraction of sp³-hybridized carbons (Fsp3) is 0.222. The smallest absolute Gasteiger partial charge is 0.406 e. The van der Waals surface area contributed by atoms with E-state index in [1.54, 1.807) is 24.4 Å². The average molecular weight is 389 g/mol. The lowest BCUT2D eigenvalue weighted by atomic mass is 9.91. The number of ether oxygens (including phenoxy) is 1. The van der Waals surface area contributed by atoms with Crippen LogP contribution in [0.1, 0.15) is 23.6 Å². The normalized spacial score (nSPS) is 22.1. The first-order valence-corrected chi connectivity index (χ1v) is 9.70. The van der Waals surface area contributed by atoms with Crippen LogP contribution in [0.5, 0.6) is 0 Å². The molecule has 4 rings (SSSR count). The Morgan fingerprint density at radius 2 is 2.19 bits per heavy atom. The van der Waals surface area contributed by atoms with Crippen LogP contribution in [-0.2, 0) is 14.8 Å². The van der Waals surface area contributed by atoms with Crippen LogP contribution in [0.2, 0.25) is 0 Å². The fourth-order valence-electron chi connectivity index (χ4n) is 3.34. The maximum Gasteiger partial charge on any atom is 0.406 e. The summed E-state index contributed by atoms with van der Waals surface area (Å²) in [6.07, 6.45) is 4.26. The number of carbonyl (C=O) groups is 1. The number of nitrogens with zero attached hydrogens (tertiary/aromatic N) is 1. The summed E-state index contributed by atoms with van der Waals surface area (Å²) in [5.41, 5.74) is 3.61. The third kappa shape index (κ3) is 3.08. The molecule has 2 aliphatic heterocycles. The Labute approximate surface area is 155 Å². The van der Waals surface area contributed by atoms with Crippen LogP contribution < -0.4 is 10.0 Å². The summed E-state index contributed by atoms with van der Waals surface area (Å²) in [7, 11) is -2.41. The highest BCUT2D eigenvalue weighted by atomic mass is 32.2. The minimum absolute atomic E-state index is 0.0554. The Morgan fingerprint density at radius 1 is 1.37 bits per heavy atom. The minimum Gasteiger partial charge on any atom is -0.453 e. The number of benzene rings is 1. The number of sulfonamides is 1. The molecule has 7 nitrogen and oxygen atoms in total. The molecule has 3 aliphatic rings. The van der Waals surface area contributed by atoms with Crippen LogP contribution in [0.25, 0.3) is 5.57 Å².